The number of nitrogens with zero attached hydrogens (tertiary/aromatic N) is 2. The minimum absolute atomic E-state index is 0.886. The smallest absolute Gasteiger partial charge is 0.137 e. The van der Waals surface area contributed by atoms with E-state index in [0.29, 0.717) is 0 Å². The van der Waals surface area contributed by atoms with Crippen LogP contribution in [0, 0.1) is 0 Å². The summed E-state index contributed by atoms with van der Waals surface area (Å²) in [5.41, 5.74) is 11.2. The molecule has 260 valence electrons. The average Bonchev–Trinajstić information content (AvgIpc) is 4.01. The van der Waals surface area contributed by atoms with Gasteiger partial charge in [-0.3, -0.25) is 0 Å². The first-order chi connectivity index (χ1) is 27.8. The Balaban J connectivity index is 1.11. The Bertz CT molecular complexity index is 3710. The van der Waals surface area contributed by atoms with Gasteiger partial charge in [0.25, 0.3) is 0 Å². The lowest BCUT2D eigenvalue weighted by molar-refractivity contribution is 0.669. The molecule has 56 heavy (non-hydrogen) atoms. The molecule has 0 amide bonds. The van der Waals surface area contributed by atoms with Crippen LogP contribution in [0.4, 0.5) is 0 Å². The third kappa shape index (κ3) is 4.01. The predicted molar refractivity (Wildman–Crippen MR) is 238 cm³/mol. The molecule has 0 unspecified atom stereocenters. The molecule has 0 aliphatic carbocycles. The van der Waals surface area contributed by atoms with Crippen molar-refractivity contribution in [1.82, 2.24) is 9.13 Å². The van der Waals surface area contributed by atoms with Gasteiger partial charge in [-0.05, 0) is 88.6 Å². The van der Waals surface area contributed by atoms with E-state index >= 15 is 0 Å². The van der Waals surface area contributed by atoms with E-state index in [-0.39, 0.29) is 0 Å². The van der Waals surface area contributed by atoms with E-state index in [9.17, 15) is 0 Å². The fourth-order valence-electron chi connectivity index (χ4n) is 9.56. The highest BCUT2D eigenvalue weighted by molar-refractivity contribution is 7.27. The number of hydrogen-bond donors (Lipinski definition) is 0. The van der Waals surface area contributed by atoms with E-state index < -0.39 is 0 Å². The summed E-state index contributed by atoms with van der Waals surface area (Å²) < 4.78 is 14.1. The highest BCUT2D eigenvalue weighted by atomic mass is 32.1. The van der Waals surface area contributed by atoms with Crippen molar-refractivity contribution >= 4 is 108 Å². The Morgan fingerprint density at radius 2 is 0.982 bits per heavy atom. The second-order valence-electron chi connectivity index (χ2n) is 14.8. The fourth-order valence-corrected chi connectivity index (χ4v) is 10.8. The Morgan fingerprint density at radius 3 is 1.75 bits per heavy atom. The van der Waals surface area contributed by atoms with Crippen molar-refractivity contribution < 1.29 is 4.42 Å². The Kier molecular flexibility index (Phi) is 6.04. The van der Waals surface area contributed by atoms with Crippen molar-refractivity contribution in [2.45, 2.75) is 0 Å². The maximum atomic E-state index is 6.58. The van der Waals surface area contributed by atoms with E-state index in [2.05, 4.69) is 191 Å². The van der Waals surface area contributed by atoms with Crippen LogP contribution in [0.2, 0.25) is 0 Å². The topological polar surface area (TPSA) is 23.0 Å². The fraction of sp³-hybridized carbons (Fsp3) is 0. The van der Waals surface area contributed by atoms with Gasteiger partial charge in [0.1, 0.15) is 11.2 Å². The lowest BCUT2D eigenvalue weighted by Gasteiger charge is -2.10. The first-order valence-electron chi connectivity index (χ1n) is 19.1. The second-order valence-corrected chi connectivity index (χ2v) is 15.9. The van der Waals surface area contributed by atoms with Gasteiger partial charge in [-0.15, -0.1) is 11.3 Å². The van der Waals surface area contributed by atoms with Crippen LogP contribution in [-0.2, 0) is 0 Å². The van der Waals surface area contributed by atoms with E-state index in [0.717, 1.165) is 38.9 Å². The zero-order valence-corrected chi connectivity index (χ0v) is 30.8. The van der Waals surface area contributed by atoms with Crippen LogP contribution in [0.5, 0.6) is 0 Å². The minimum atomic E-state index is 0.886. The summed E-state index contributed by atoms with van der Waals surface area (Å²) in [5, 5.41) is 12.5. The lowest BCUT2D eigenvalue weighted by Crippen LogP contribution is -1.94. The molecule has 13 rings (SSSR count). The molecule has 0 radical (unpaired) electrons. The molecule has 0 N–H and O–H groups in total. The molecule has 3 nitrogen and oxygen atoms in total. The Hall–Kier alpha value is -7.14. The quantitative estimate of drug-likeness (QED) is 0.177. The molecule has 0 fully saturated rings. The summed E-state index contributed by atoms with van der Waals surface area (Å²) in [4.78, 5) is 0. The molecule has 0 aliphatic rings. The van der Waals surface area contributed by atoms with Gasteiger partial charge in [0.05, 0.1) is 37.8 Å². The number of benzene rings is 9. The third-order valence-corrected chi connectivity index (χ3v) is 13.1. The van der Waals surface area contributed by atoms with Gasteiger partial charge in [-0.2, -0.15) is 0 Å². The molecule has 13 aromatic rings. The first-order valence-corrected chi connectivity index (χ1v) is 19.9. The van der Waals surface area contributed by atoms with Gasteiger partial charge in [0.15, 0.2) is 0 Å². The zero-order valence-electron chi connectivity index (χ0n) is 30.0. The van der Waals surface area contributed by atoms with Gasteiger partial charge in [-0.25, -0.2) is 0 Å². The first kappa shape index (κ1) is 30.2. The normalized spacial score (nSPS) is 12.3. The highest BCUT2D eigenvalue weighted by Gasteiger charge is 2.23. The molecule has 0 aliphatic heterocycles. The van der Waals surface area contributed by atoms with Crippen LogP contribution < -0.4 is 0 Å². The average molecular weight is 731 g/mol. The Morgan fingerprint density at radius 1 is 0.375 bits per heavy atom. The highest BCUT2D eigenvalue weighted by Crippen LogP contribution is 2.49. The van der Waals surface area contributed by atoms with Crippen LogP contribution in [0.15, 0.2) is 186 Å². The molecule has 9 aromatic carbocycles. The van der Waals surface area contributed by atoms with Gasteiger partial charge in [0, 0.05) is 48.1 Å². The van der Waals surface area contributed by atoms with Gasteiger partial charge in [0.2, 0.25) is 0 Å². The van der Waals surface area contributed by atoms with Crippen molar-refractivity contribution in [3.05, 3.63) is 182 Å². The van der Waals surface area contributed by atoms with E-state index in [1.807, 2.05) is 11.3 Å². The maximum absolute atomic E-state index is 6.58. The summed E-state index contributed by atoms with van der Waals surface area (Å²) in [7, 11) is 0. The number of thiophene rings is 1. The molecular weight excluding hydrogens is 701 g/mol. The molecule has 0 saturated carbocycles. The Labute approximate surface area is 324 Å². The molecule has 4 heteroatoms. The molecule has 0 atom stereocenters. The molecule has 0 bridgehead atoms. The van der Waals surface area contributed by atoms with E-state index in [1.54, 1.807) is 0 Å². The van der Waals surface area contributed by atoms with Crippen molar-refractivity contribution in [2.75, 3.05) is 0 Å². The summed E-state index contributed by atoms with van der Waals surface area (Å²) in [6, 6.07) is 66.2. The zero-order chi connectivity index (χ0) is 36.5. The van der Waals surface area contributed by atoms with Crippen molar-refractivity contribution in [3.8, 4) is 22.5 Å². The van der Waals surface area contributed by atoms with Crippen molar-refractivity contribution in [1.29, 1.82) is 0 Å². The van der Waals surface area contributed by atoms with Crippen LogP contribution in [0.1, 0.15) is 0 Å². The van der Waals surface area contributed by atoms with Crippen LogP contribution in [-0.4, -0.2) is 9.13 Å². The number of para-hydroxylation sites is 3. The number of hydrogen-bond acceptors (Lipinski definition) is 2. The van der Waals surface area contributed by atoms with E-state index in [1.165, 1.54) is 80.1 Å². The summed E-state index contributed by atoms with van der Waals surface area (Å²) >= 11 is 1.90. The molecule has 0 saturated heterocycles. The van der Waals surface area contributed by atoms with Gasteiger partial charge < -0.3 is 13.6 Å². The molecule has 4 heterocycles. The summed E-state index contributed by atoms with van der Waals surface area (Å²) in [6.45, 7) is 0. The molecule has 4 aromatic heterocycles. The standard InChI is InChI=1S/C52H30N2OS/c1-2-13-33(14-3-1)53-43-27-25-31(29-39(43)48-36-17-4-5-18-37(36)49-38-19-8-11-24-47(38)56-52(49)51(48)53)32-26-28-45-40(30-32)50-44(22-12-23-46(50)55-45)54-41-20-9-6-15-34(41)35-16-7-10-21-42(35)54/h1-30H. The predicted octanol–water partition coefficient (Wildman–Crippen LogP) is 15.0. The van der Waals surface area contributed by atoms with Crippen LogP contribution >= 0.6 is 11.3 Å². The SMILES string of the molecule is c1ccc(-n2c3ccc(-c4ccc5oc6cccc(-n7c8ccccc8c8ccccc87)c6c5c4)cc3c3c4ccccc4c4c5ccccc5sc4c32)cc1. The van der Waals surface area contributed by atoms with E-state index in [4.69, 9.17) is 4.42 Å². The van der Waals surface area contributed by atoms with Crippen molar-refractivity contribution in [3.63, 3.8) is 0 Å². The molecular formula is C52H30N2OS. The van der Waals surface area contributed by atoms with Crippen LogP contribution in [0.3, 0.4) is 0 Å². The second kappa shape index (κ2) is 11.2. The van der Waals surface area contributed by atoms with Gasteiger partial charge >= 0.3 is 0 Å². The monoisotopic (exact) mass is 730 g/mol. The number of aromatic nitrogens is 2. The van der Waals surface area contributed by atoms with Crippen molar-refractivity contribution in [2.24, 2.45) is 0 Å². The van der Waals surface area contributed by atoms with Gasteiger partial charge in [-0.1, -0.05) is 115 Å². The minimum Gasteiger partial charge on any atom is -0.456 e. The lowest BCUT2D eigenvalue weighted by atomic mass is 9.97. The largest absolute Gasteiger partial charge is 0.456 e. The van der Waals surface area contributed by atoms with Crippen LogP contribution in [0.25, 0.3) is 119 Å². The third-order valence-electron chi connectivity index (χ3n) is 11.9. The molecule has 0 spiro atoms. The number of rotatable bonds is 3. The summed E-state index contributed by atoms with van der Waals surface area (Å²) in [5.74, 6) is 0. The summed E-state index contributed by atoms with van der Waals surface area (Å²) in [6.07, 6.45) is 0. The number of furan rings is 1. The number of fused-ring (bicyclic) bond motifs is 16. The maximum Gasteiger partial charge on any atom is 0.137 e.